The minimum atomic E-state index is -0.923. The van der Waals surface area contributed by atoms with Crippen LogP contribution in [-0.4, -0.2) is 33.5 Å². The Morgan fingerprint density at radius 1 is 1.18 bits per heavy atom. The van der Waals surface area contributed by atoms with Crippen LogP contribution < -0.4 is 0 Å². The first-order chi connectivity index (χ1) is 13.2. The van der Waals surface area contributed by atoms with E-state index in [1.807, 2.05) is 6.92 Å². The second-order valence-corrected chi connectivity index (χ2v) is 10.9. The summed E-state index contributed by atoms with van der Waals surface area (Å²) in [5.41, 5.74) is 1.86. The Labute approximate surface area is 169 Å². The van der Waals surface area contributed by atoms with Crippen LogP contribution in [0, 0.1) is 40.4 Å². The molecular weight excluding hydrogens is 352 g/mol. The van der Waals surface area contributed by atoms with Gasteiger partial charge in [-0.15, -0.1) is 0 Å². The molecule has 9 atom stereocenters. The highest BCUT2D eigenvalue weighted by Gasteiger charge is 2.61. The van der Waals surface area contributed by atoms with E-state index in [1.54, 1.807) is 0 Å². The van der Waals surface area contributed by atoms with Gasteiger partial charge in [-0.05, 0) is 85.4 Å². The molecule has 28 heavy (non-hydrogen) atoms. The zero-order valence-electron chi connectivity index (χ0n) is 17.7. The average Bonchev–Trinajstić information content (AvgIpc) is 2.98. The number of hydrogen-bond donors (Lipinski definition) is 3. The number of hydrogen-bond acceptors (Lipinski definition) is 3. The van der Waals surface area contributed by atoms with E-state index in [9.17, 15) is 15.0 Å². The fourth-order valence-electron chi connectivity index (χ4n) is 8.22. The molecule has 3 saturated carbocycles. The maximum Gasteiger partial charge on any atom is 0.305 e. The van der Waals surface area contributed by atoms with Crippen LogP contribution >= 0.6 is 0 Å². The molecule has 0 bridgehead atoms. The summed E-state index contributed by atoms with van der Waals surface area (Å²) in [6.07, 6.45) is 10.3. The monoisotopic (exact) mass is 390 g/mol. The molecule has 4 aliphatic carbocycles. The highest BCUT2D eigenvalue weighted by molar-refractivity contribution is 5.67. The Balaban J connectivity index is 1.61. The maximum atomic E-state index is 11.2. The number of fused-ring (bicyclic) bond motifs is 5. The largest absolute Gasteiger partial charge is 0.481 e. The van der Waals surface area contributed by atoms with Crippen molar-refractivity contribution in [3.63, 3.8) is 0 Å². The summed E-state index contributed by atoms with van der Waals surface area (Å²) in [6, 6.07) is 0. The number of carboxylic acids is 1. The molecule has 0 aromatic rings. The van der Waals surface area contributed by atoms with Crippen LogP contribution in [-0.2, 0) is 4.79 Å². The van der Waals surface area contributed by atoms with Gasteiger partial charge in [0.05, 0.1) is 18.6 Å². The number of aliphatic carboxylic acids is 1. The summed E-state index contributed by atoms with van der Waals surface area (Å²) in [4.78, 5) is 11.1. The summed E-state index contributed by atoms with van der Waals surface area (Å²) in [5, 5.41) is 30.8. The summed E-state index contributed by atoms with van der Waals surface area (Å²) in [6.45, 7) is 6.86. The second kappa shape index (κ2) is 7.12. The van der Waals surface area contributed by atoms with Crippen molar-refractivity contribution in [1.29, 1.82) is 0 Å². The first kappa shape index (κ1) is 20.4. The molecule has 3 fully saturated rings. The summed E-state index contributed by atoms with van der Waals surface area (Å²) in [7, 11) is 0. The first-order valence-corrected chi connectivity index (χ1v) is 11.5. The quantitative estimate of drug-likeness (QED) is 0.622. The van der Waals surface area contributed by atoms with Gasteiger partial charge in [0.25, 0.3) is 0 Å². The van der Waals surface area contributed by atoms with Gasteiger partial charge in [0, 0.05) is 0 Å². The lowest BCUT2D eigenvalue weighted by Crippen LogP contribution is -2.54. The van der Waals surface area contributed by atoms with Gasteiger partial charge >= 0.3 is 5.97 Å². The van der Waals surface area contributed by atoms with Gasteiger partial charge in [-0.1, -0.05) is 38.8 Å². The van der Waals surface area contributed by atoms with E-state index in [2.05, 4.69) is 19.9 Å². The number of carboxylic acid groups (broad SMARTS) is 1. The Morgan fingerprint density at radius 3 is 2.64 bits per heavy atom. The molecule has 0 heterocycles. The maximum absolute atomic E-state index is 11.2. The third-order valence-corrected chi connectivity index (χ3v) is 9.74. The molecule has 0 aromatic carbocycles. The Hall–Kier alpha value is -0.870. The molecular formula is C24H38O4. The lowest BCUT2D eigenvalue weighted by Gasteiger charge is -2.59. The highest BCUT2D eigenvalue weighted by atomic mass is 16.4. The van der Waals surface area contributed by atoms with Crippen molar-refractivity contribution in [2.75, 3.05) is 0 Å². The van der Waals surface area contributed by atoms with Crippen LogP contribution in [0.2, 0.25) is 0 Å². The van der Waals surface area contributed by atoms with Gasteiger partial charge in [0.15, 0.2) is 0 Å². The van der Waals surface area contributed by atoms with Gasteiger partial charge in [0.1, 0.15) is 0 Å². The van der Waals surface area contributed by atoms with E-state index in [0.717, 1.165) is 32.1 Å². The molecule has 4 aliphatic rings. The second-order valence-electron chi connectivity index (χ2n) is 10.9. The fourth-order valence-corrected chi connectivity index (χ4v) is 8.22. The molecule has 0 saturated heterocycles. The molecule has 1 unspecified atom stereocenters. The van der Waals surface area contributed by atoms with Crippen molar-refractivity contribution in [2.45, 2.75) is 90.8 Å². The summed E-state index contributed by atoms with van der Waals surface area (Å²) < 4.78 is 0. The lowest BCUT2D eigenvalue weighted by molar-refractivity contribution is -0.141. The number of carbonyl (C=O) groups is 1. The van der Waals surface area contributed by atoms with E-state index < -0.39 is 12.1 Å². The van der Waals surface area contributed by atoms with Gasteiger partial charge in [0.2, 0.25) is 0 Å². The Bertz CT molecular complexity index is 657. The predicted octanol–water partition coefficient (Wildman–Crippen LogP) is 4.40. The van der Waals surface area contributed by atoms with Crippen LogP contribution in [0.5, 0.6) is 0 Å². The zero-order valence-corrected chi connectivity index (χ0v) is 17.7. The molecule has 4 rings (SSSR count). The molecule has 3 N–H and O–H groups in total. The number of aliphatic hydroxyl groups excluding tert-OH is 2. The van der Waals surface area contributed by atoms with Crippen molar-refractivity contribution in [1.82, 2.24) is 0 Å². The first-order valence-electron chi connectivity index (χ1n) is 11.5. The van der Waals surface area contributed by atoms with Crippen molar-refractivity contribution in [3.05, 3.63) is 11.6 Å². The van der Waals surface area contributed by atoms with E-state index in [1.165, 1.54) is 24.8 Å². The topological polar surface area (TPSA) is 77.8 Å². The summed E-state index contributed by atoms with van der Waals surface area (Å²) >= 11 is 0. The predicted molar refractivity (Wildman–Crippen MR) is 109 cm³/mol. The zero-order chi connectivity index (χ0) is 20.3. The third kappa shape index (κ3) is 2.98. The van der Waals surface area contributed by atoms with E-state index >= 15 is 0 Å². The molecule has 0 radical (unpaired) electrons. The van der Waals surface area contributed by atoms with E-state index in [0.29, 0.717) is 23.7 Å². The molecule has 0 aliphatic heterocycles. The standard InChI is InChI=1S/C24H38O4/c1-14(19(25)13-21(27)28)16-7-8-17-22-18(9-11-24(16,17)3)23(2)10-5-4-6-15(23)12-20(22)26/h12,14,16-20,22,25-26H,4-11,13H2,1-3H3,(H,27,28)/t14-,16+,17-,18-,19?,20-,22-,23-,24+/m0/s1. The van der Waals surface area contributed by atoms with Crippen molar-refractivity contribution >= 4 is 5.97 Å². The molecule has 4 heteroatoms. The molecule has 0 aromatic heterocycles. The van der Waals surface area contributed by atoms with Gasteiger partial charge in [-0.2, -0.15) is 0 Å². The molecule has 0 amide bonds. The van der Waals surface area contributed by atoms with Gasteiger partial charge in [-0.3, -0.25) is 4.79 Å². The average molecular weight is 391 g/mol. The highest BCUT2D eigenvalue weighted by Crippen LogP contribution is 2.67. The van der Waals surface area contributed by atoms with Crippen LogP contribution in [0.3, 0.4) is 0 Å². The third-order valence-electron chi connectivity index (χ3n) is 9.74. The SMILES string of the molecule is C[C@H](C(O)CC(=O)O)[C@H]1CC[C@H]2[C@@H]3[C@@H](O)C=C4CCCC[C@]4(C)[C@H]3CC[C@]12C. The minimum Gasteiger partial charge on any atom is -0.481 e. The Morgan fingerprint density at radius 2 is 1.93 bits per heavy atom. The number of allylic oxidation sites excluding steroid dienone is 1. The van der Waals surface area contributed by atoms with Crippen LogP contribution in [0.4, 0.5) is 0 Å². The minimum absolute atomic E-state index is 0.0141. The smallest absolute Gasteiger partial charge is 0.305 e. The molecule has 0 spiro atoms. The van der Waals surface area contributed by atoms with Crippen LogP contribution in [0.15, 0.2) is 11.6 Å². The number of rotatable bonds is 4. The lowest BCUT2D eigenvalue weighted by atomic mass is 9.46. The van der Waals surface area contributed by atoms with Gasteiger partial charge < -0.3 is 15.3 Å². The fraction of sp³-hybridized carbons (Fsp3) is 0.875. The number of aliphatic hydroxyl groups is 2. The van der Waals surface area contributed by atoms with Crippen molar-refractivity contribution in [3.8, 4) is 0 Å². The van der Waals surface area contributed by atoms with Crippen LogP contribution in [0.25, 0.3) is 0 Å². The van der Waals surface area contributed by atoms with Crippen molar-refractivity contribution < 1.29 is 20.1 Å². The molecule has 158 valence electrons. The normalized spacial score (nSPS) is 47.3. The van der Waals surface area contributed by atoms with E-state index in [-0.39, 0.29) is 29.3 Å². The Kier molecular flexibility index (Phi) is 5.19. The summed E-state index contributed by atoms with van der Waals surface area (Å²) in [5.74, 6) is 0.762. The van der Waals surface area contributed by atoms with Crippen molar-refractivity contribution in [2.24, 2.45) is 40.4 Å². The van der Waals surface area contributed by atoms with Gasteiger partial charge in [-0.25, -0.2) is 0 Å². The van der Waals surface area contributed by atoms with Crippen LogP contribution in [0.1, 0.15) is 78.6 Å². The molecule has 4 nitrogen and oxygen atoms in total. The van der Waals surface area contributed by atoms with E-state index in [4.69, 9.17) is 5.11 Å².